The van der Waals surface area contributed by atoms with Gasteiger partial charge in [-0.15, -0.1) is 0 Å². The molecule has 1 unspecified atom stereocenters. The van der Waals surface area contributed by atoms with Crippen LogP contribution in [0.3, 0.4) is 0 Å². The lowest BCUT2D eigenvalue weighted by molar-refractivity contribution is -0.138. The van der Waals surface area contributed by atoms with Gasteiger partial charge in [-0.1, -0.05) is 0 Å². The van der Waals surface area contributed by atoms with Crippen LogP contribution in [0.4, 0.5) is 0 Å². The number of rotatable bonds is 3. The summed E-state index contributed by atoms with van der Waals surface area (Å²) in [4.78, 5) is 10.6. The highest BCUT2D eigenvalue weighted by Gasteiger charge is 2.21. The molecule has 1 aromatic rings. The van der Waals surface area contributed by atoms with Crippen molar-refractivity contribution in [1.82, 2.24) is 0 Å². The quantitative estimate of drug-likeness (QED) is 0.809. The van der Waals surface area contributed by atoms with E-state index >= 15 is 0 Å². The number of furan rings is 1. The first kappa shape index (κ1) is 9.67. The molecule has 0 amide bonds. The van der Waals surface area contributed by atoms with Gasteiger partial charge in [0.1, 0.15) is 11.7 Å². The summed E-state index contributed by atoms with van der Waals surface area (Å²) in [6, 6.07) is 3.29. The number of aliphatic carboxylic acids is 1. The first-order valence-corrected chi connectivity index (χ1v) is 4.66. The van der Waals surface area contributed by atoms with Crippen LogP contribution in [0, 0.1) is 0 Å². The number of hydrogen-bond acceptors (Lipinski definition) is 3. The summed E-state index contributed by atoms with van der Waals surface area (Å²) < 4.78 is 5.62. The Morgan fingerprint density at radius 1 is 1.75 bits per heavy atom. The molecule has 1 atom stereocenters. The molecule has 0 saturated carbocycles. The smallest absolute Gasteiger partial charge is 0.315 e. The lowest BCUT2D eigenvalue weighted by atomic mass is 10.1. The van der Waals surface area contributed by atoms with Crippen molar-refractivity contribution >= 4 is 34.5 Å². The molecule has 1 aromatic heterocycles. The monoisotopic (exact) mass is 250 g/mol. The summed E-state index contributed by atoms with van der Waals surface area (Å²) in [5.41, 5.74) is 0. The zero-order valence-corrected chi connectivity index (χ0v) is 8.51. The molecule has 0 aliphatic rings. The van der Waals surface area contributed by atoms with Gasteiger partial charge in [0.25, 0.3) is 0 Å². The number of carboxylic acids is 1. The van der Waals surface area contributed by atoms with Crippen molar-refractivity contribution in [3.63, 3.8) is 0 Å². The van der Waals surface area contributed by atoms with Crippen LogP contribution >= 0.6 is 28.6 Å². The molecule has 3 nitrogen and oxygen atoms in total. The molecule has 0 aliphatic heterocycles. The summed E-state index contributed by atoms with van der Waals surface area (Å²) in [6.07, 6.45) is 0. The highest BCUT2D eigenvalue weighted by Crippen LogP contribution is 2.23. The standard InChI is InChI=1S/C7H7BrO3S/c8-6-2-1-5(11-6)4(3-12)7(9)10/h1-2,4,12H,3H2,(H,9,10). The molecule has 0 aromatic carbocycles. The van der Waals surface area contributed by atoms with Gasteiger partial charge in [-0.05, 0) is 28.1 Å². The molecule has 66 valence electrons. The van der Waals surface area contributed by atoms with Gasteiger partial charge < -0.3 is 9.52 Å². The first-order valence-electron chi connectivity index (χ1n) is 3.24. The van der Waals surface area contributed by atoms with Crippen molar-refractivity contribution in [3.05, 3.63) is 22.6 Å². The third-order valence-electron chi connectivity index (χ3n) is 1.42. The molecule has 0 fully saturated rings. The fraction of sp³-hybridized carbons (Fsp3) is 0.286. The van der Waals surface area contributed by atoms with Gasteiger partial charge in [-0.3, -0.25) is 4.79 Å². The van der Waals surface area contributed by atoms with E-state index in [1.54, 1.807) is 12.1 Å². The second-order valence-electron chi connectivity index (χ2n) is 2.22. The van der Waals surface area contributed by atoms with Crippen LogP contribution in [-0.2, 0) is 4.79 Å². The summed E-state index contributed by atoms with van der Waals surface area (Å²) in [5, 5.41) is 8.71. The molecule has 0 aliphatic carbocycles. The van der Waals surface area contributed by atoms with Crippen LogP contribution in [-0.4, -0.2) is 16.8 Å². The Bertz CT molecular complexity index is 284. The third-order valence-corrected chi connectivity index (χ3v) is 2.21. The highest BCUT2D eigenvalue weighted by atomic mass is 79.9. The summed E-state index contributed by atoms with van der Waals surface area (Å²) >= 11 is 7.01. The lowest BCUT2D eigenvalue weighted by Crippen LogP contribution is -2.11. The van der Waals surface area contributed by atoms with E-state index in [-0.39, 0.29) is 5.75 Å². The molecule has 1 N–H and O–H groups in total. The third kappa shape index (κ3) is 2.04. The minimum atomic E-state index is -0.924. The SMILES string of the molecule is O=C(O)C(CS)c1ccc(Br)o1. The average Bonchev–Trinajstić information content (AvgIpc) is 2.37. The predicted molar refractivity (Wildman–Crippen MR) is 50.6 cm³/mol. The van der Waals surface area contributed by atoms with Gasteiger partial charge >= 0.3 is 5.97 Å². The van der Waals surface area contributed by atoms with Crippen LogP contribution in [0.15, 0.2) is 21.2 Å². The second-order valence-corrected chi connectivity index (χ2v) is 3.36. The van der Waals surface area contributed by atoms with Crippen molar-refractivity contribution < 1.29 is 14.3 Å². The van der Waals surface area contributed by atoms with E-state index in [4.69, 9.17) is 9.52 Å². The van der Waals surface area contributed by atoms with E-state index in [0.29, 0.717) is 10.4 Å². The average molecular weight is 251 g/mol. The fourth-order valence-electron chi connectivity index (χ4n) is 0.805. The number of carboxylic acid groups (broad SMARTS) is 1. The van der Waals surface area contributed by atoms with Gasteiger partial charge in [0.2, 0.25) is 0 Å². The van der Waals surface area contributed by atoms with E-state index in [2.05, 4.69) is 28.6 Å². The maximum atomic E-state index is 10.6. The molecule has 12 heavy (non-hydrogen) atoms. The topological polar surface area (TPSA) is 50.4 Å². The van der Waals surface area contributed by atoms with Gasteiger partial charge in [-0.2, -0.15) is 12.6 Å². The highest BCUT2D eigenvalue weighted by molar-refractivity contribution is 9.10. The minimum Gasteiger partial charge on any atom is -0.481 e. The van der Waals surface area contributed by atoms with Crippen molar-refractivity contribution in [1.29, 1.82) is 0 Å². The predicted octanol–water partition coefficient (Wildman–Crippen LogP) is 2.14. The number of hydrogen-bond donors (Lipinski definition) is 2. The van der Waals surface area contributed by atoms with E-state index in [1.165, 1.54) is 0 Å². The van der Waals surface area contributed by atoms with E-state index < -0.39 is 11.9 Å². The molecular formula is C7H7BrO3S. The molecule has 1 heterocycles. The minimum absolute atomic E-state index is 0.231. The number of halogens is 1. The number of thiol groups is 1. The van der Waals surface area contributed by atoms with Crippen LogP contribution in [0.25, 0.3) is 0 Å². The Labute approximate surface area is 83.3 Å². The molecular weight excluding hydrogens is 244 g/mol. The van der Waals surface area contributed by atoms with Crippen LogP contribution in [0.2, 0.25) is 0 Å². The van der Waals surface area contributed by atoms with Crippen LogP contribution in [0.5, 0.6) is 0 Å². The largest absolute Gasteiger partial charge is 0.481 e. The maximum Gasteiger partial charge on any atom is 0.315 e. The van der Waals surface area contributed by atoms with Crippen LogP contribution in [0.1, 0.15) is 11.7 Å². The normalized spacial score (nSPS) is 12.8. The Morgan fingerprint density at radius 2 is 2.42 bits per heavy atom. The number of carbonyl (C=O) groups is 1. The zero-order valence-electron chi connectivity index (χ0n) is 6.03. The van der Waals surface area contributed by atoms with Gasteiger partial charge in [-0.25, -0.2) is 0 Å². The Morgan fingerprint density at radius 3 is 2.75 bits per heavy atom. The Balaban J connectivity index is 2.87. The Hall–Kier alpha value is -0.420. The molecule has 1 rings (SSSR count). The first-order chi connectivity index (χ1) is 5.65. The van der Waals surface area contributed by atoms with Gasteiger partial charge in [0.05, 0.1) is 0 Å². The van der Waals surface area contributed by atoms with Crippen LogP contribution < -0.4 is 0 Å². The van der Waals surface area contributed by atoms with Crippen molar-refractivity contribution in [2.45, 2.75) is 5.92 Å². The molecule has 5 heteroatoms. The fourth-order valence-corrected chi connectivity index (χ4v) is 1.46. The van der Waals surface area contributed by atoms with E-state index in [1.807, 2.05) is 0 Å². The molecule has 0 radical (unpaired) electrons. The van der Waals surface area contributed by atoms with E-state index in [9.17, 15) is 4.79 Å². The molecule has 0 saturated heterocycles. The Kier molecular flexibility index (Phi) is 3.22. The second kappa shape index (κ2) is 4.00. The lowest BCUT2D eigenvalue weighted by Gasteiger charge is -2.03. The summed E-state index contributed by atoms with van der Waals surface area (Å²) in [5.74, 6) is -0.939. The van der Waals surface area contributed by atoms with Crippen molar-refractivity contribution in [2.75, 3.05) is 5.75 Å². The van der Waals surface area contributed by atoms with Crippen molar-refractivity contribution in [2.24, 2.45) is 0 Å². The van der Waals surface area contributed by atoms with Gasteiger partial charge in [0.15, 0.2) is 4.67 Å². The van der Waals surface area contributed by atoms with E-state index in [0.717, 1.165) is 0 Å². The van der Waals surface area contributed by atoms with Gasteiger partial charge in [0, 0.05) is 5.75 Å². The maximum absolute atomic E-state index is 10.6. The molecule has 0 bridgehead atoms. The molecule has 0 spiro atoms. The summed E-state index contributed by atoms with van der Waals surface area (Å²) in [7, 11) is 0. The van der Waals surface area contributed by atoms with Crippen molar-refractivity contribution in [3.8, 4) is 0 Å². The zero-order chi connectivity index (χ0) is 9.14. The summed E-state index contributed by atoms with van der Waals surface area (Å²) in [6.45, 7) is 0.